The summed E-state index contributed by atoms with van der Waals surface area (Å²) in [6.45, 7) is 7.15. The Bertz CT molecular complexity index is 798. The van der Waals surface area contributed by atoms with Crippen molar-refractivity contribution in [1.29, 1.82) is 0 Å². The molecule has 168 valence electrons. The number of rotatable bonds is 8. The minimum absolute atomic E-state index is 0.0374. The number of aryl methyl sites for hydroxylation is 1. The van der Waals surface area contributed by atoms with Crippen molar-refractivity contribution >= 4 is 10.1 Å². The molecule has 0 saturated carbocycles. The molecule has 4 rings (SSSR count). The first-order chi connectivity index (χ1) is 14.4. The summed E-state index contributed by atoms with van der Waals surface area (Å²) in [4.78, 5) is 2.38. The van der Waals surface area contributed by atoms with Gasteiger partial charge in [-0.3, -0.25) is 9.08 Å². The van der Waals surface area contributed by atoms with E-state index in [-0.39, 0.29) is 17.6 Å². The van der Waals surface area contributed by atoms with E-state index in [1.165, 1.54) is 12.1 Å². The Morgan fingerprint density at radius 2 is 1.97 bits per heavy atom. The van der Waals surface area contributed by atoms with Crippen molar-refractivity contribution in [3.8, 4) is 0 Å². The van der Waals surface area contributed by atoms with Crippen molar-refractivity contribution in [3.63, 3.8) is 0 Å². The third-order valence-electron chi connectivity index (χ3n) is 5.79. The molecule has 0 spiro atoms. The van der Waals surface area contributed by atoms with Gasteiger partial charge in [-0.2, -0.15) is 8.42 Å². The van der Waals surface area contributed by atoms with Crippen LogP contribution in [0.5, 0.6) is 0 Å². The quantitative estimate of drug-likeness (QED) is 0.420. The summed E-state index contributed by atoms with van der Waals surface area (Å²) in [5.41, 5.74) is 0.943. The van der Waals surface area contributed by atoms with Crippen molar-refractivity contribution in [2.75, 3.05) is 46.0 Å². The Balaban J connectivity index is 1.35. The third-order valence-corrected chi connectivity index (χ3v) is 7.11. The molecule has 0 aromatic heterocycles. The smallest absolute Gasteiger partial charge is 0.297 e. The van der Waals surface area contributed by atoms with Crippen molar-refractivity contribution in [2.45, 2.75) is 48.9 Å². The summed E-state index contributed by atoms with van der Waals surface area (Å²) in [5, 5.41) is 14.2. The van der Waals surface area contributed by atoms with Crippen LogP contribution in [0.4, 0.5) is 0 Å². The standard InChI is InChI=1S/C20H30N2O7S/c1-14-3-5-15(6-4-14)30(24,25)29-19-18(23)17(16-13-27-20(19)28-16)21-7-2-8-22-9-11-26-12-10-22/h3-6,16-21,23H,2,7-13H2,1H3/t16-,17+,18-,19+,20+/m0/s1. The lowest BCUT2D eigenvalue weighted by Gasteiger charge is -2.38. The molecule has 0 amide bonds. The van der Waals surface area contributed by atoms with Gasteiger partial charge in [0, 0.05) is 13.1 Å². The molecule has 2 N–H and O–H groups in total. The molecule has 0 radical (unpaired) electrons. The zero-order chi connectivity index (χ0) is 21.1. The summed E-state index contributed by atoms with van der Waals surface area (Å²) >= 11 is 0. The molecule has 9 nitrogen and oxygen atoms in total. The van der Waals surface area contributed by atoms with Crippen molar-refractivity contribution in [1.82, 2.24) is 10.2 Å². The molecule has 3 aliphatic rings. The normalized spacial score (nSPS) is 32.4. The first kappa shape index (κ1) is 22.1. The molecule has 5 atom stereocenters. The average Bonchev–Trinajstić information content (AvgIpc) is 3.18. The number of fused-ring (bicyclic) bond motifs is 2. The highest BCUT2D eigenvalue weighted by molar-refractivity contribution is 7.86. The molecule has 1 aromatic carbocycles. The Morgan fingerprint density at radius 1 is 1.23 bits per heavy atom. The van der Waals surface area contributed by atoms with Crippen LogP contribution >= 0.6 is 0 Å². The van der Waals surface area contributed by atoms with Crippen LogP contribution in [0.25, 0.3) is 0 Å². The van der Waals surface area contributed by atoms with E-state index in [9.17, 15) is 13.5 Å². The maximum atomic E-state index is 12.7. The SMILES string of the molecule is Cc1ccc(S(=O)(=O)O[C@H]2[C@@H]3OC[C@H](O3)[C@@H](NCCCN3CCOCC3)[C@@H]2O)cc1. The van der Waals surface area contributed by atoms with E-state index in [4.69, 9.17) is 18.4 Å². The molecular formula is C20H30N2O7S. The van der Waals surface area contributed by atoms with Crippen molar-refractivity contribution < 1.29 is 31.9 Å². The van der Waals surface area contributed by atoms with E-state index in [1.54, 1.807) is 12.1 Å². The lowest BCUT2D eigenvalue weighted by molar-refractivity contribution is -0.192. The topological polar surface area (TPSA) is 107 Å². The predicted octanol–water partition coefficient (Wildman–Crippen LogP) is -0.135. The predicted molar refractivity (Wildman–Crippen MR) is 108 cm³/mol. The van der Waals surface area contributed by atoms with Crippen LogP contribution in [0.15, 0.2) is 29.2 Å². The molecule has 3 aliphatic heterocycles. The summed E-state index contributed by atoms with van der Waals surface area (Å²) in [6.07, 6.45) is -2.55. The number of aliphatic hydroxyl groups is 1. The van der Waals surface area contributed by atoms with E-state index in [2.05, 4.69) is 10.2 Å². The zero-order valence-corrected chi connectivity index (χ0v) is 17.9. The van der Waals surface area contributed by atoms with Gasteiger partial charge in [-0.15, -0.1) is 0 Å². The van der Waals surface area contributed by atoms with Crippen LogP contribution in [0.2, 0.25) is 0 Å². The van der Waals surface area contributed by atoms with Crippen molar-refractivity contribution in [2.24, 2.45) is 0 Å². The number of nitrogens with one attached hydrogen (secondary N) is 1. The summed E-state index contributed by atoms with van der Waals surface area (Å²) in [6, 6.07) is 5.91. The van der Waals surface area contributed by atoms with E-state index in [0.29, 0.717) is 6.54 Å². The maximum Gasteiger partial charge on any atom is 0.297 e. The molecule has 1 aromatic rings. The van der Waals surface area contributed by atoms with Gasteiger partial charge >= 0.3 is 0 Å². The Morgan fingerprint density at radius 3 is 2.70 bits per heavy atom. The molecule has 0 aliphatic carbocycles. The Hall–Kier alpha value is -1.11. The van der Waals surface area contributed by atoms with Crippen LogP contribution in [-0.2, 0) is 28.5 Å². The van der Waals surface area contributed by atoms with Gasteiger partial charge in [0.2, 0.25) is 0 Å². The van der Waals surface area contributed by atoms with Gasteiger partial charge in [-0.25, -0.2) is 0 Å². The van der Waals surface area contributed by atoms with Crippen LogP contribution in [0.1, 0.15) is 12.0 Å². The van der Waals surface area contributed by atoms with Gasteiger partial charge in [0.15, 0.2) is 12.4 Å². The molecule has 0 unspecified atom stereocenters. The number of benzene rings is 1. The Labute approximate surface area is 177 Å². The van der Waals surface area contributed by atoms with Gasteiger partial charge in [0.1, 0.15) is 12.2 Å². The number of hydrogen-bond donors (Lipinski definition) is 2. The van der Waals surface area contributed by atoms with Crippen LogP contribution < -0.4 is 5.32 Å². The highest BCUT2D eigenvalue weighted by atomic mass is 32.2. The van der Waals surface area contributed by atoms with Gasteiger partial charge in [0.25, 0.3) is 10.1 Å². The molecule has 30 heavy (non-hydrogen) atoms. The molecule has 2 bridgehead atoms. The Kier molecular flexibility index (Phi) is 7.05. The molecule has 10 heteroatoms. The summed E-state index contributed by atoms with van der Waals surface area (Å²) in [7, 11) is -4.06. The minimum Gasteiger partial charge on any atom is -0.388 e. The lowest BCUT2D eigenvalue weighted by atomic mass is 9.98. The number of aliphatic hydroxyl groups excluding tert-OH is 1. The second-order valence-electron chi connectivity index (χ2n) is 7.98. The first-order valence-electron chi connectivity index (χ1n) is 10.4. The highest BCUT2D eigenvalue weighted by Crippen LogP contribution is 2.32. The number of hydrogen-bond acceptors (Lipinski definition) is 9. The fourth-order valence-corrected chi connectivity index (χ4v) is 5.12. The van der Waals surface area contributed by atoms with Crippen LogP contribution in [-0.4, -0.2) is 95.1 Å². The zero-order valence-electron chi connectivity index (χ0n) is 17.1. The van der Waals surface area contributed by atoms with E-state index in [0.717, 1.165) is 44.8 Å². The number of ether oxygens (including phenoxy) is 3. The highest BCUT2D eigenvalue weighted by Gasteiger charge is 2.52. The van der Waals surface area contributed by atoms with Gasteiger partial charge in [-0.1, -0.05) is 17.7 Å². The largest absolute Gasteiger partial charge is 0.388 e. The van der Waals surface area contributed by atoms with Gasteiger partial charge < -0.3 is 24.6 Å². The maximum absolute atomic E-state index is 12.7. The summed E-state index contributed by atoms with van der Waals surface area (Å²) < 4.78 is 47.5. The monoisotopic (exact) mass is 442 g/mol. The fraction of sp³-hybridized carbons (Fsp3) is 0.700. The minimum atomic E-state index is -4.06. The molecule has 3 fully saturated rings. The van der Waals surface area contributed by atoms with Gasteiger partial charge in [-0.05, 0) is 38.6 Å². The molecular weight excluding hydrogens is 412 g/mol. The van der Waals surface area contributed by atoms with E-state index in [1.807, 2.05) is 6.92 Å². The average molecular weight is 443 g/mol. The van der Waals surface area contributed by atoms with E-state index < -0.39 is 34.7 Å². The van der Waals surface area contributed by atoms with Gasteiger partial charge in [0.05, 0.1) is 30.8 Å². The number of nitrogens with zero attached hydrogens (tertiary/aromatic N) is 1. The third kappa shape index (κ3) is 5.03. The first-order valence-corrected chi connectivity index (χ1v) is 11.8. The fourth-order valence-electron chi connectivity index (χ4n) is 4.04. The molecule has 3 heterocycles. The van der Waals surface area contributed by atoms with E-state index >= 15 is 0 Å². The second kappa shape index (κ2) is 9.58. The van der Waals surface area contributed by atoms with Crippen LogP contribution in [0.3, 0.4) is 0 Å². The van der Waals surface area contributed by atoms with Crippen molar-refractivity contribution in [3.05, 3.63) is 29.8 Å². The summed E-state index contributed by atoms with van der Waals surface area (Å²) in [5.74, 6) is 0. The number of morpholine rings is 1. The second-order valence-corrected chi connectivity index (χ2v) is 9.55. The van der Waals surface area contributed by atoms with Crippen LogP contribution in [0, 0.1) is 6.92 Å². The molecule has 3 saturated heterocycles. The lowest BCUT2D eigenvalue weighted by Crippen LogP contribution is -2.60.